The van der Waals surface area contributed by atoms with Gasteiger partial charge in [0.2, 0.25) is 0 Å². The molecule has 0 spiro atoms. The molecule has 0 fully saturated rings. The Morgan fingerprint density at radius 2 is 2.00 bits per heavy atom. The van der Waals surface area contributed by atoms with Gasteiger partial charge >= 0.3 is 12.6 Å². The number of hydrogen-bond acceptors (Lipinski definition) is 4. The molecule has 2 aromatic heterocycles. The first-order valence-corrected chi connectivity index (χ1v) is 10.6. The molecule has 0 unspecified atom stereocenters. The number of imidazole rings is 1. The highest BCUT2D eigenvalue weighted by Gasteiger charge is 2.31. The molecule has 2 atom stereocenters. The average molecular weight is 449 g/mol. The Kier molecular flexibility index (Phi) is 5.60. The molecule has 0 aliphatic heterocycles. The first-order valence-electron chi connectivity index (χ1n) is 10.6. The van der Waals surface area contributed by atoms with E-state index >= 15 is 0 Å². The van der Waals surface area contributed by atoms with Gasteiger partial charge in [-0.1, -0.05) is 24.3 Å². The lowest BCUT2D eigenvalue weighted by atomic mass is 9.84. The van der Waals surface area contributed by atoms with Crippen molar-refractivity contribution < 1.29 is 18.3 Å². The molecule has 0 saturated carbocycles. The molecule has 9 heteroatoms. The van der Waals surface area contributed by atoms with Crippen molar-refractivity contribution >= 4 is 22.6 Å². The van der Waals surface area contributed by atoms with Crippen LogP contribution >= 0.6 is 0 Å². The van der Waals surface area contributed by atoms with Gasteiger partial charge in [0, 0.05) is 24.0 Å². The zero-order valence-electron chi connectivity index (χ0n) is 17.5. The van der Waals surface area contributed by atoms with Crippen LogP contribution in [0.3, 0.4) is 0 Å². The fourth-order valence-electron chi connectivity index (χ4n) is 4.45. The minimum absolute atomic E-state index is 0.00776. The number of aromatic nitrogens is 3. The van der Waals surface area contributed by atoms with E-state index in [2.05, 4.69) is 31.4 Å². The van der Waals surface area contributed by atoms with Crippen molar-refractivity contribution in [1.29, 1.82) is 0 Å². The van der Waals surface area contributed by atoms with E-state index < -0.39 is 12.6 Å². The van der Waals surface area contributed by atoms with Crippen molar-refractivity contribution in [3.8, 4) is 5.75 Å². The number of fused-ring (bicyclic) bond motifs is 2. The number of hydrogen-bond donors (Lipinski definition) is 2. The maximum atomic E-state index is 13.1. The lowest BCUT2D eigenvalue weighted by molar-refractivity contribution is -0.0489. The summed E-state index contributed by atoms with van der Waals surface area (Å²) >= 11 is 0. The van der Waals surface area contributed by atoms with Crippen molar-refractivity contribution in [1.82, 2.24) is 19.9 Å². The Hall–Kier alpha value is -4.01. The maximum Gasteiger partial charge on any atom is 0.387 e. The van der Waals surface area contributed by atoms with Gasteiger partial charge in [-0.15, -0.1) is 0 Å². The Morgan fingerprint density at radius 1 is 1.12 bits per heavy atom. The monoisotopic (exact) mass is 449 g/mol. The van der Waals surface area contributed by atoms with Gasteiger partial charge in [-0.25, -0.2) is 9.78 Å². The highest BCUT2D eigenvalue weighted by molar-refractivity contribution is 6.02. The fourth-order valence-corrected chi connectivity index (χ4v) is 4.45. The molecule has 0 saturated heterocycles. The standard InChI is InChI=1S/C24H21F2N5O2/c25-23(26)33-20-10-8-18(17-6-3-11-28-22(17)20)29-24(32)30-21-16-5-2-1-4-15(16)7-9-19(21)31-13-12-27-14-31/h1-6,8,10-14,19,21,23H,7,9H2,(H2,29,30,32)/t19-,21+/m1/s1. The van der Waals surface area contributed by atoms with E-state index in [0.29, 0.717) is 11.1 Å². The molecule has 2 aromatic carbocycles. The average Bonchev–Trinajstić information content (AvgIpc) is 3.35. The van der Waals surface area contributed by atoms with E-state index in [9.17, 15) is 13.6 Å². The van der Waals surface area contributed by atoms with Gasteiger partial charge < -0.3 is 19.9 Å². The Balaban J connectivity index is 1.43. The van der Waals surface area contributed by atoms with E-state index in [1.807, 2.05) is 29.0 Å². The number of aryl methyl sites for hydroxylation is 1. The van der Waals surface area contributed by atoms with Crippen molar-refractivity contribution in [2.45, 2.75) is 31.5 Å². The van der Waals surface area contributed by atoms with E-state index in [-0.39, 0.29) is 23.3 Å². The number of anilines is 1. The second kappa shape index (κ2) is 8.85. The summed E-state index contributed by atoms with van der Waals surface area (Å²) in [7, 11) is 0. The quantitative estimate of drug-likeness (QED) is 0.445. The van der Waals surface area contributed by atoms with E-state index in [0.717, 1.165) is 18.4 Å². The third kappa shape index (κ3) is 4.21. The van der Waals surface area contributed by atoms with Crippen LogP contribution in [0.25, 0.3) is 10.9 Å². The number of pyridine rings is 1. The number of ether oxygens (including phenoxy) is 1. The third-order valence-corrected chi connectivity index (χ3v) is 5.88. The molecule has 0 bridgehead atoms. The first-order chi connectivity index (χ1) is 16.1. The van der Waals surface area contributed by atoms with Crippen molar-refractivity contribution in [2.75, 3.05) is 5.32 Å². The normalized spacial score (nSPS) is 17.5. The molecule has 168 valence electrons. The summed E-state index contributed by atoms with van der Waals surface area (Å²) in [5, 5.41) is 6.46. The smallest absolute Gasteiger partial charge is 0.387 e. The molecular formula is C24H21F2N5O2. The zero-order valence-corrected chi connectivity index (χ0v) is 17.5. The highest BCUT2D eigenvalue weighted by atomic mass is 19.3. The maximum absolute atomic E-state index is 13.1. The molecule has 5 rings (SSSR count). The van der Waals surface area contributed by atoms with Crippen molar-refractivity contribution in [3.05, 3.63) is 84.6 Å². The van der Waals surface area contributed by atoms with Gasteiger partial charge in [-0.3, -0.25) is 4.98 Å². The highest BCUT2D eigenvalue weighted by Crippen LogP contribution is 2.38. The van der Waals surface area contributed by atoms with Gasteiger partial charge in [0.1, 0.15) is 5.52 Å². The number of urea groups is 1. The molecule has 7 nitrogen and oxygen atoms in total. The topological polar surface area (TPSA) is 81.1 Å². The Morgan fingerprint density at radius 3 is 2.82 bits per heavy atom. The SMILES string of the molecule is O=C(Nc1ccc(OC(F)F)c2ncccc12)N[C@H]1c2ccccc2CC[C@H]1n1ccnc1. The van der Waals surface area contributed by atoms with Crippen LogP contribution in [0.5, 0.6) is 5.75 Å². The second-order valence-corrected chi connectivity index (χ2v) is 7.78. The first kappa shape index (κ1) is 20.9. The van der Waals surface area contributed by atoms with Crippen LogP contribution in [0.15, 0.2) is 73.4 Å². The van der Waals surface area contributed by atoms with Crippen molar-refractivity contribution in [3.63, 3.8) is 0 Å². The molecule has 2 heterocycles. The zero-order chi connectivity index (χ0) is 22.8. The van der Waals surface area contributed by atoms with E-state index in [1.54, 1.807) is 24.7 Å². The number of benzene rings is 2. The summed E-state index contributed by atoms with van der Waals surface area (Å²) < 4.78 is 32.1. The van der Waals surface area contributed by atoms with Gasteiger partial charge in [0.15, 0.2) is 5.75 Å². The number of halogens is 2. The van der Waals surface area contributed by atoms with Crippen molar-refractivity contribution in [2.24, 2.45) is 0 Å². The number of carbonyl (C=O) groups is 1. The Bertz CT molecular complexity index is 1280. The number of alkyl halides is 2. The Labute approximate surface area is 188 Å². The van der Waals surface area contributed by atoms with Gasteiger partial charge in [-0.2, -0.15) is 8.78 Å². The summed E-state index contributed by atoms with van der Waals surface area (Å²) in [5.74, 6) is -0.0482. The van der Waals surface area contributed by atoms with E-state index in [4.69, 9.17) is 0 Å². The summed E-state index contributed by atoms with van der Waals surface area (Å²) in [6, 6.07) is 13.7. The summed E-state index contributed by atoms with van der Waals surface area (Å²) in [4.78, 5) is 21.4. The molecule has 1 aliphatic rings. The number of nitrogens with zero attached hydrogens (tertiary/aromatic N) is 3. The van der Waals surface area contributed by atoms with Crippen LogP contribution in [0, 0.1) is 0 Å². The second-order valence-electron chi connectivity index (χ2n) is 7.78. The van der Waals surface area contributed by atoms with E-state index in [1.165, 1.54) is 23.9 Å². The summed E-state index contributed by atoms with van der Waals surface area (Å²) in [5.41, 5.74) is 2.95. The number of amides is 2. The van der Waals surface area contributed by atoms with Gasteiger partial charge in [0.25, 0.3) is 0 Å². The van der Waals surface area contributed by atoms with Crippen LogP contribution in [0.2, 0.25) is 0 Å². The molecule has 2 N–H and O–H groups in total. The molecule has 1 aliphatic carbocycles. The van der Waals surface area contributed by atoms with Crippen LogP contribution in [0.4, 0.5) is 19.3 Å². The van der Waals surface area contributed by atoms with Crippen LogP contribution in [-0.2, 0) is 6.42 Å². The fraction of sp³-hybridized carbons (Fsp3) is 0.208. The predicted octanol–water partition coefficient (Wildman–Crippen LogP) is 5.08. The van der Waals surface area contributed by atoms with Crippen LogP contribution in [0.1, 0.15) is 29.6 Å². The number of rotatable bonds is 5. The molecule has 33 heavy (non-hydrogen) atoms. The molecule has 4 aromatic rings. The van der Waals surface area contributed by atoms with Crippen LogP contribution in [-0.4, -0.2) is 27.2 Å². The lowest BCUT2D eigenvalue weighted by Crippen LogP contribution is -2.39. The number of carbonyl (C=O) groups excluding carboxylic acids is 1. The summed E-state index contributed by atoms with van der Waals surface area (Å²) in [6.45, 7) is -2.97. The van der Waals surface area contributed by atoms with Gasteiger partial charge in [0.05, 0.1) is 24.1 Å². The molecular weight excluding hydrogens is 428 g/mol. The number of nitrogens with one attached hydrogen (secondary N) is 2. The van der Waals surface area contributed by atoms with Crippen LogP contribution < -0.4 is 15.4 Å². The predicted molar refractivity (Wildman–Crippen MR) is 119 cm³/mol. The minimum Gasteiger partial charge on any atom is -0.432 e. The molecule has 2 amide bonds. The minimum atomic E-state index is -2.97. The largest absolute Gasteiger partial charge is 0.432 e. The third-order valence-electron chi connectivity index (χ3n) is 5.88. The molecule has 0 radical (unpaired) electrons. The lowest BCUT2D eigenvalue weighted by Gasteiger charge is -2.35. The summed E-state index contributed by atoms with van der Waals surface area (Å²) in [6.07, 6.45) is 8.61. The van der Waals surface area contributed by atoms with Gasteiger partial charge in [-0.05, 0) is 48.2 Å².